The van der Waals surface area contributed by atoms with Gasteiger partial charge in [-0.15, -0.1) is 11.6 Å². The van der Waals surface area contributed by atoms with E-state index in [4.69, 9.17) is 21.1 Å². The van der Waals surface area contributed by atoms with Gasteiger partial charge >= 0.3 is 0 Å². The molecule has 0 bridgehead atoms. The van der Waals surface area contributed by atoms with Crippen LogP contribution in [0.4, 0.5) is 0 Å². The van der Waals surface area contributed by atoms with Crippen LogP contribution in [0.1, 0.15) is 22.9 Å². The van der Waals surface area contributed by atoms with Gasteiger partial charge in [-0.25, -0.2) is 0 Å². The summed E-state index contributed by atoms with van der Waals surface area (Å²) in [6.45, 7) is 1.37. The molecule has 0 N–H and O–H groups in total. The Morgan fingerprint density at radius 1 is 1.05 bits per heavy atom. The number of halogens is 3. The number of hydrogen-bond donors (Lipinski definition) is 0. The molecule has 0 radical (unpaired) electrons. The average molecular weight is 480 g/mol. The number of rotatable bonds is 2. The number of benzene rings is 2. The first kappa shape index (κ1) is 15.4. The zero-order valence-corrected chi connectivity index (χ0v) is 15.6. The highest BCUT2D eigenvalue weighted by atomic mass is 127. The zero-order valence-electron chi connectivity index (χ0n) is 11.1. The summed E-state index contributed by atoms with van der Waals surface area (Å²) in [4.78, 5) is 0. The van der Waals surface area contributed by atoms with Gasteiger partial charge in [0.05, 0.1) is 18.6 Å². The van der Waals surface area contributed by atoms with Gasteiger partial charge in [-0.05, 0) is 64.0 Å². The van der Waals surface area contributed by atoms with Gasteiger partial charge in [-0.3, -0.25) is 0 Å². The summed E-state index contributed by atoms with van der Waals surface area (Å²) in [5, 5.41) is -0.216. The summed E-state index contributed by atoms with van der Waals surface area (Å²) in [7, 11) is 0. The van der Waals surface area contributed by atoms with E-state index < -0.39 is 0 Å². The number of hydrogen-bond acceptors (Lipinski definition) is 2. The van der Waals surface area contributed by atoms with Crippen LogP contribution in [0.5, 0.6) is 11.5 Å². The second-order valence-corrected chi connectivity index (χ2v) is 7.30. The van der Waals surface area contributed by atoms with Crippen molar-refractivity contribution in [2.24, 2.45) is 0 Å². The van der Waals surface area contributed by atoms with Gasteiger partial charge in [0.2, 0.25) is 0 Å². The quantitative estimate of drug-likeness (QED) is 0.416. The lowest BCUT2D eigenvalue weighted by molar-refractivity contribution is 0.297. The lowest BCUT2D eigenvalue weighted by Gasteiger charge is -2.15. The Hall–Kier alpha value is -0.460. The monoisotopic (exact) mass is 478 g/mol. The van der Waals surface area contributed by atoms with E-state index in [1.54, 1.807) is 0 Å². The minimum absolute atomic E-state index is 0.216. The van der Waals surface area contributed by atoms with E-state index >= 15 is 0 Å². The summed E-state index contributed by atoms with van der Waals surface area (Å²) in [6.07, 6.45) is 0.901. The second-order valence-electron chi connectivity index (χ2n) is 4.79. The highest BCUT2D eigenvalue weighted by molar-refractivity contribution is 14.1. The van der Waals surface area contributed by atoms with Crippen LogP contribution in [0.2, 0.25) is 0 Å². The molecule has 0 saturated heterocycles. The molecule has 0 fully saturated rings. The van der Waals surface area contributed by atoms with Gasteiger partial charge in [0, 0.05) is 14.5 Å². The van der Waals surface area contributed by atoms with E-state index in [0.717, 1.165) is 37.1 Å². The minimum atomic E-state index is -0.216. The summed E-state index contributed by atoms with van der Waals surface area (Å²) in [5.74, 6) is 1.57. The Morgan fingerprint density at radius 3 is 2.62 bits per heavy atom. The first-order valence-corrected chi connectivity index (χ1v) is 8.94. The van der Waals surface area contributed by atoms with E-state index in [1.165, 1.54) is 0 Å². The summed E-state index contributed by atoms with van der Waals surface area (Å²) in [5.41, 5.74) is 2.10. The van der Waals surface area contributed by atoms with Gasteiger partial charge in [-0.1, -0.05) is 22.0 Å². The highest BCUT2D eigenvalue weighted by Gasteiger charge is 2.18. The maximum atomic E-state index is 6.67. The van der Waals surface area contributed by atoms with Crippen LogP contribution in [0.25, 0.3) is 0 Å². The highest BCUT2D eigenvalue weighted by Crippen LogP contribution is 2.38. The molecule has 0 aromatic heterocycles. The second kappa shape index (κ2) is 6.75. The maximum absolute atomic E-state index is 6.67. The van der Waals surface area contributed by atoms with Crippen LogP contribution in [0, 0.1) is 3.57 Å². The van der Waals surface area contributed by atoms with Gasteiger partial charge in [0.25, 0.3) is 0 Å². The van der Waals surface area contributed by atoms with Crippen LogP contribution in [0.15, 0.2) is 40.9 Å². The molecule has 1 atom stereocenters. The van der Waals surface area contributed by atoms with Crippen molar-refractivity contribution in [2.45, 2.75) is 11.8 Å². The van der Waals surface area contributed by atoms with E-state index in [-0.39, 0.29) is 5.38 Å². The van der Waals surface area contributed by atoms with Crippen molar-refractivity contribution in [1.29, 1.82) is 0 Å². The minimum Gasteiger partial charge on any atom is -0.490 e. The van der Waals surface area contributed by atoms with Crippen LogP contribution in [-0.4, -0.2) is 13.2 Å². The molecule has 3 rings (SSSR count). The fourth-order valence-corrected chi connectivity index (χ4v) is 3.75. The molecule has 2 nitrogen and oxygen atoms in total. The van der Waals surface area contributed by atoms with Crippen molar-refractivity contribution in [2.75, 3.05) is 13.2 Å². The predicted molar refractivity (Wildman–Crippen MR) is 96.6 cm³/mol. The average Bonchev–Trinajstić information content (AvgIpc) is 2.73. The molecule has 0 amide bonds. The Balaban J connectivity index is 1.96. The van der Waals surface area contributed by atoms with E-state index in [1.807, 2.05) is 24.3 Å². The van der Waals surface area contributed by atoms with Crippen molar-refractivity contribution in [3.8, 4) is 11.5 Å². The standard InChI is InChI=1S/C16H13BrClIO2/c17-11-3-4-13(19)12(9-11)16(18)10-2-5-14-15(8-10)21-7-1-6-20-14/h2-5,8-9,16H,1,6-7H2. The topological polar surface area (TPSA) is 18.5 Å². The normalized spacial score (nSPS) is 15.4. The van der Waals surface area contributed by atoms with Crippen LogP contribution >= 0.6 is 50.1 Å². The zero-order chi connectivity index (χ0) is 14.8. The molecule has 2 aromatic carbocycles. The molecule has 1 unspecified atom stereocenters. The Labute approximate surface area is 151 Å². The summed E-state index contributed by atoms with van der Waals surface area (Å²) in [6, 6.07) is 12.1. The largest absolute Gasteiger partial charge is 0.490 e. The SMILES string of the molecule is ClC(c1ccc2c(c1)OCCCO2)c1cc(Br)ccc1I. The van der Waals surface area contributed by atoms with Gasteiger partial charge in [-0.2, -0.15) is 0 Å². The molecule has 21 heavy (non-hydrogen) atoms. The molecule has 0 aliphatic carbocycles. The van der Waals surface area contributed by atoms with Crippen molar-refractivity contribution >= 4 is 50.1 Å². The van der Waals surface area contributed by atoms with E-state index in [0.29, 0.717) is 13.2 Å². The Bertz CT molecular complexity index is 663. The number of alkyl halides is 1. The first-order chi connectivity index (χ1) is 10.1. The van der Waals surface area contributed by atoms with E-state index in [2.05, 4.69) is 50.7 Å². The molecule has 0 spiro atoms. The van der Waals surface area contributed by atoms with Crippen molar-refractivity contribution in [3.63, 3.8) is 0 Å². The third-order valence-corrected chi connectivity index (χ3v) is 5.26. The van der Waals surface area contributed by atoms with E-state index in [9.17, 15) is 0 Å². The van der Waals surface area contributed by atoms with Crippen molar-refractivity contribution < 1.29 is 9.47 Å². The van der Waals surface area contributed by atoms with Gasteiger partial charge < -0.3 is 9.47 Å². The van der Waals surface area contributed by atoms with Crippen molar-refractivity contribution in [3.05, 3.63) is 55.6 Å². The molecule has 5 heteroatoms. The molecular formula is C16H13BrClIO2. The fourth-order valence-electron chi connectivity index (χ4n) is 2.23. The van der Waals surface area contributed by atoms with Gasteiger partial charge in [0.15, 0.2) is 11.5 Å². The lowest BCUT2D eigenvalue weighted by atomic mass is 10.0. The molecule has 2 aromatic rings. The molecule has 110 valence electrons. The lowest BCUT2D eigenvalue weighted by Crippen LogP contribution is -1.99. The Morgan fingerprint density at radius 2 is 1.81 bits per heavy atom. The Kier molecular flexibility index (Phi) is 4.96. The summed E-state index contributed by atoms with van der Waals surface area (Å²) >= 11 is 12.5. The number of ether oxygens (including phenoxy) is 2. The van der Waals surface area contributed by atoms with Crippen molar-refractivity contribution in [1.82, 2.24) is 0 Å². The number of fused-ring (bicyclic) bond motifs is 1. The molecule has 0 saturated carbocycles. The fraction of sp³-hybridized carbons (Fsp3) is 0.250. The van der Waals surface area contributed by atoms with Crippen LogP contribution < -0.4 is 9.47 Å². The van der Waals surface area contributed by atoms with Crippen LogP contribution in [-0.2, 0) is 0 Å². The third kappa shape index (κ3) is 3.48. The summed E-state index contributed by atoms with van der Waals surface area (Å²) < 4.78 is 13.6. The predicted octanol–water partition coefficient (Wildman–Crippen LogP) is 5.54. The molecular weight excluding hydrogens is 466 g/mol. The van der Waals surface area contributed by atoms with Crippen LogP contribution in [0.3, 0.4) is 0 Å². The first-order valence-electron chi connectivity index (χ1n) is 6.64. The maximum Gasteiger partial charge on any atom is 0.161 e. The molecule has 1 aliphatic heterocycles. The molecule has 1 aliphatic rings. The third-order valence-electron chi connectivity index (χ3n) is 3.30. The van der Waals surface area contributed by atoms with Gasteiger partial charge in [0.1, 0.15) is 0 Å². The smallest absolute Gasteiger partial charge is 0.161 e. The molecule has 1 heterocycles.